The maximum absolute atomic E-state index is 11.4. The van der Waals surface area contributed by atoms with E-state index in [4.69, 9.17) is 4.74 Å². The van der Waals surface area contributed by atoms with E-state index >= 15 is 0 Å². The molecular formula is C38H75NaO4. The van der Waals surface area contributed by atoms with Gasteiger partial charge in [-0.2, -0.15) is 0 Å². The van der Waals surface area contributed by atoms with Gasteiger partial charge >= 0.3 is 35.5 Å². The molecule has 0 aliphatic heterocycles. The largest absolute Gasteiger partial charge is 1.00 e. The van der Waals surface area contributed by atoms with Crippen molar-refractivity contribution in [2.45, 2.75) is 226 Å². The minimum atomic E-state index is -0.905. The van der Waals surface area contributed by atoms with Crippen LogP contribution in [0, 0.1) is 0 Å². The summed E-state index contributed by atoms with van der Waals surface area (Å²) in [6, 6.07) is 0. The van der Waals surface area contributed by atoms with E-state index < -0.39 is 5.97 Å². The third-order valence-corrected chi connectivity index (χ3v) is 8.23. The zero-order chi connectivity index (χ0) is 31.2. The first kappa shape index (κ1) is 47.3. The van der Waals surface area contributed by atoms with Crippen LogP contribution in [0.1, 0.15) is 226 Å². The van der Waals surface area contributed by atoms with Gasteiger partial charge in [-0.05, 0) is 25.7 Å². The van der Waals surface area contributed by atoms with Crippen LogP contribution in [0.25, 0.3) is 0 Å². The van der Waals surface area contributed by atoms with Crippen LogP contribution in [0.5, 0.6) is 0 Å². The number of unbranched alkanes of at least 4 members (excludes halogenated alkanes) is 27. The van der Waals surface area contributed by atoms with Gasteiger partial charge in [-0.3, -0.25) is 4.79 Å². The molecule has 0 saturated heterocycles. The minimum Gasteiger partial charge on any atom is -0.550 e. The summed E-state index contributed by atoms with van der Waals surface area (Å²) in [7, 11) is 0. The first-order chi connectivity index (χ1) is 20.6. The molecule has 0 fully saturated rings. The molecule has 0 aromatic heterocycles. The van der Waals surface area contributed by atoms with Crippen molar-refractivity contribution in [3.8, 4) is 0 Å². The quantitative estimate of drug-likeness (QED) is 0.0419. The van der Waals surface area contributed by atoms with Gasteiger partial charge in [0, 0.05) is 12.4 Å². The van der Waals surface area contributed by atoms with E-state index in [1.165, 1.54) is 161 Å². The molecule has 43 heavy (non-hydrogen) atoms. The second-order valence-electron chi connectivity index (χ2n) is 12.6. The van der Waals surface area contributed by atoms with E-state index in [1.54, 1.807) is 0 Å². The van der Waals surface area contributed by atoms with Gasteiger partial charge in [-0.1, -0.05) is 194 Å². The fourth-order valence-electron chi connectivity index (χ4n) is 5.33. The van der Waals surface area contributed by atoms with E-state index in [2.05, 4.69) is 20.8 Å². The summed E-state index contributed by atoms with van der Waals surface area (Å²) in [5.41, 5.74) is 0. The summed E-state index contributed by atoms with van der Waals surface area (Å²) in [6.07, 6.45) is 40.0. The molecule has 0 aliphatic carbocycles. The molecule has 0 N–H and O–H groups in total. The Morgan fingerprint density at radius 2 is 0.651 bits per heavy atom. The van der Waals surface area contributed by atoms with Gasteiger partial charge < -0.3 is 14.6 Å². The van der Waals surface area contributed by atoms with Crippen LogP contribution in [-0.4, -0.2) is 18.5 Å². The Morgan fingerprint density at radius 1 is 0.395 bits per heavy atom. The zero-order valence-corrected chi connectivity index (χ0v) is 32.0. The number of hydrogen-bond acceptors (Lipinski definition) is 4. The summed E-state index contributed by atoms with van der Waals surface area (Å²) in [6.45, 7) is 7.26. The number of carboxylic acids is 1. The standard InChI is InChI=1S/C22H44O2.C16H32O2.Na/c1-3-5-7-8-9-10-11-12-13-14-15-16-17-18-19-20-22(23)24-21-6-4-2;1-2-3-4-5-6-7-8-9-10-11-12-13-14-15-16(17)18;/h3-21H2,1-2H3;2-15H2,1H3,(H,17,18);/q;;+1/p-1. The predicted octanol–water partition coefficient (Wildman–Crippen LogP) is 8.81. The first-order valence-electron chi connectivity index (χ1n) is 18.9. The van der Waals surface area contributed by atoms with E-state index in [1.807, 2.05) is 0 Å². The van der Waals surface area contributed by atoms with E-state index in [9.17, 15) is 14.7 Å². The van der Waals surface area contributed by atoms with Gasteiger partial charge in [0.2, 0.25) is 0 Å². The Balaban J connectivity index is -0.000000756. The molecule has 0 saturated carbocycles. The van der Waals surface area contributed by atoms with Crippen molar-refractivity contribution < 1.29 is 49.0 Å². The number of hydrogen-bond donors (Lipinski definition) is 0. The van der Waals surface area contributed by atoms with Gasteiger partial charge in [0.25, 0.3) is 0 Å². The molecule has 0 spiro atoms. The summed E-state index contributed by atoms with van der Waals surface area (Å²) >= 11 is 0. The van der Waals surface area contributed by atoms with Crippen LogP contribution in [0.15, 0.2) is 0 Å². The minimum absolute atomic E-state index is 0. The number of ether oxygens (including phenoxy) is 1. The Labute approximate surface area is 292 Å². The number of carboxylic acid groups (broad SMARTS) is 1. The van der Waals surface area contributed by atoms with Crippen molar-refractivity contribution in [3.05, 3.63) is 0 Å². The summed E-state index contributed by atoms with van der Waals surface area (Å²) in [4.78, 5) is 21.6. The molecule has 0 aliphatic rings. The van der Waals surface area contributed by atoms with Crippen LogP contribution in [0.4, 0.5) is 0 Å². The molecule has 5 heteroatoms. The van der Waals surface area contributed by atoms with Crippen LogP contribution < -0.4 is 34.7 Å². The first-order valence-corrected chi connectivity index (χ1v) is 18.9. The Morgan fingerprint density at radius 3 is 0.930 bits per heavy atom. The van der Waals surface area contributed by atoms with Crippen molar-refractivity contribution in [3.63, 3.8) is 0 Å². The third kappa shape index (κ3) is 49.0. The molecular weight excluding hydrogens is 543 g/mol. The molecule has 0 amide bonds. The zero-order valence-electron chi connectivity index (χ0n) is 30.0. The normalized spacial score (nSPS) is 10.6. The van der Waals surface area contributed by atoms with Crippen molar-refractivity contribution >= 4 is 11.9 Å². The molecule has 4 nitrogen and oxygen atoms in total. The topological polar surface area (TPSA) is 66.4 Å². The van der Waals surface area contributed by atoms with E-state index in [-0.39, 0.29) is 41.9 Å². The number of esters is 1. The molecule has 0 bridgehead atoms. The van der Waals surface area contributed by atoms with Crippen molar-refractivity contribution in [1.29, 1.82) is 0 Å². The van der Waals surface area contributed by atoms with Gasteiger partial charge in [0.15, 0.2) is 0 Å². The molecule has 0 heterocycles. The number of aliphatic carboxylic acids is 1. The predicted molar refractivity (Wildman–Crippen MR) is 181 cm³/mol. The SMILES string of the molecule is CCCCCCCCCCCCCCCC(=O)[O-].CCCCCCCCCCCCCCCCCC(=O)OCCCC.[Na+]. The van der Waals surface area contributed by atoms with Crippen molar-refractivity contribution in [2.75, 3.05) is 6.61 Å². The molecule has 252 valence electrons. The van der Waals surface area contributed by atoms with Crippen LogP contribution in [0.2, 0.25) is 0 Å². The second-order valence-corrected chi connectivity index (χ2v) is 12.6. The summed E-state index contributed by atoms with van der Waals surface area (Å²) in [5, 5.41) is 10.2. The molecule has 0 radical (unpaired) electrons. The monoisotopic (exact) mass is 619 g/mol. The van der Waals surface area contributed by atoms with Crippen LogP contribution in [-0.2, 0) is 14.3 Å². The van der Waals surface area contributed by atoms with Crippen LogP contribution >= 0.6 is 0 Å². The average Bonchev–Trinajstić information content (AvgIpc) is 2.98. The van der Waals surface area contributed by atoms with Crippen molar-refractivity contribution in [2.24, 2.45) is 0 Å². The van der Waals surface area contributed by atoms with Gasteiger partial charge in [-0.15, -0.1) is 0 Å². The fourth-order valence-corrected chi connectivity index (χ4v) is 5.33. The summed E-state index contributed by atoms with van der Waals surface area (Å²) in [5.74, 6) is -0.906. The Bertz CT molecular complexity index is 526. The van der Waals surface area contributed by atoms with Gasteiger partial charge in [-0.25, -0.2) is 0 Å². The number of carbonyl (C=O) groups excluding carboxylic acids is 2. The number of carbonyl (C=O) groups is 2. The van der Waals surface area contributed by atoms with E-state index in [0.29, 0.717) is 13.0 Å². The smallest absolute Gasteiger partial charge is 0.550 e. The van der Waals surface area contributed by atoms with E-state index in [0.717, 1.165) is 32.1 Å². The fraction of sp³-hybridized carbons (Fsp3) is 0.947. The molecule has 0 rings (SSSR count). The maximum Gasteiger partial charge on any atom is 1.00 e. The van der Waals surface area contributed by atoms with Crippen molar-refractivity contribution in [1.82, 2.24) is 0 Å². The second kappa shape index (κ2) is 44.1. The Kier molecular flexibility index (Phi) is 48.5. The Hall–Kier alpha value is -0.0600. The third-order valence-electron chi connectivity index (χ3n) is 8.23. The molecule has 0 unspecified atom stereocenters. The van der Waals surface area contributed by atoms with Gasteiger partial charge in [0.05, 0.1) is 6.61 Å². The number of rotatable bonds is 33. The average molecular weight is 619 g/mol. The molecule has 0 aromatic carbocycles. The maximum atomic E-state index is 11.4. The summed E-state index contributed by atoms with van der Waals surface area (Å²) < 4.78 is 5.16. The molecule has 0 aromatic rings. The van der Waals surface area contributed by atoms with Gasteiger partial charge in [0.1, 0.15) is 0 Å². The van der Waals surface area contributed by atoms with Crippen LogP contribution in [0.3, 0.4) is 0 Å². The molecule has 0 atom stereocenters.